The predicted octanol–water partition coefficient (Wildman–Crippen LogP) is 1.12. The molecule has 6 heteroatoms. The largest absolute Gasteiger partial charge is 0.486 e. The van der Waals surface area contributed by atoms with Crippen LogP contribution in [0.2, 0.25) is 0 Å². The number of hydrogen-bond acceptors (Lipinski definition) is 5. The number of amides is 1. The molecule has 1 aromatic rings. The van der Waals surface area contributed by atoms with Crippen LogP contribution in [0, 0.1) is 0 Å². The van der Waals surface area contributed by atoms with E-state index in [9.17, 15) is 9.59 Å². The summed E-state index contributed by atoms with van der Waals surface area (Å²) in [4.78, 5) is 25.3. The highest BCUT2D eigenvalue weighted by Gasteiger charge is 2.36. The minimum atomic E-state index is -0.490. The minimum Gasteiger partial charge on any atom is -0.486 e. The highest BCUT2D eigenvalue weighted by Crippen LogP contribution is 2.32. The number of benzene rings is 1. The van der Waals surface area contributed by atoms with Gasteiger partial charge in [-0.2, -0.15) is 0 Å². The molecule has 0 aromatic heterocycles. The van der Waals surface area contributed by atoms with Crippen molar-refractivity contribution in [3.8, 4) is 11.5 Å². The van der Waals surface area contributed by atoms with Crippen LogP contribution in [0.4, 0.5) is 0 Å². The lowest BCUT2D eigenvalue weighted by Gasteiger charge is -2.24. The lowest BCUT2D eigenvalue weighted by atomic mass is 10.1. The summed E-state index contributed by atoms with van der Waals surface area (Å²) < 4.78 is 15.8. The monoisotopic (exact) mass is 291 g/mol. The third-order valence-electron chi connectivity index (χ3n) is 3.76. The van der Waals surface area contributed by atoms with Crippen molar-refractivity contribution in [1.29, 1.82) is 0 Å². The van der Waals surface area contributed by atoms with Crippen molar-refractivity contribution in [2.75, 3.05) is 20.3 Å². The summed E-state index contributed by atoms with van der Waals surface area (Å²) in [5, 5.41) is 0. The number of hydrogen-bond donors (Lipinski definition) is 0. The molecular formula is C15H17NO5. The third-order valence-corrected chi connectivity index (χ3v) is 3.76. The molecule has 6 nitrogen and oxygen atoms in total. The fourth-order valence-electron chi connectivity index (χ4n) is 2.70. The zero-order valence-corrected chi connectivity index (χ0v) is 11.8. The van der Waals surface area contributed by atoms with Crippen molar-refractivity contribution < 1.29 is 23.8 Å². The fourth-order valence-corrected chi connectivity index (χ4v) is 2.70. The number of fused-ring (bicyclic) bond motifs is 1. The van der Waals surface area contributed by atoms with E-state index in [4.69, 9.17) is 14.2 Å². The highest BCUT2D eigenvalue weighted by atomic mass is 16.6. The lowest BCUT2D eigenvalue weighted by molar-refractivity contribution is -0.149. The summed E-state index contributed by atoms with van der Waals surface area (Å²) in [7, 11) is 1.34. The van der Waals surface area contributed by atoms with Crippen LogP contribution in [-0.2, 0) is 20.9 Å². The van der Waals surface area contributed by atoms with Crippen molar-refractivity contribution in [2.45, 2.75) is 25.4 Å². The van der Waals surface area contributed by atoms with E-state index in [-0.39, 0.29) is 11.9 Å². The Morgan fingerprint density at radius 2 is 2.10 bits per heavy atom. The van der Waals surface area contributed by atoms with Crippen LogP contribution >= 0.6 is 0 Å². The second kappa shape index (κ2) is 5.63. The second-order valence-electron chi connectivity index (χ2n) is 5.08. The number of carbonyl (C=O) groups excluding carboxylic acids is 2. The normalized spacial score (nSPS) is 20.5. The van der Waals surface area contributed by atoms with Gasteiger partial charge in [-0.15, -0.1) is 0 Å². The van der Waals surface area contributed by atoms with E-state index >= 15 is 0 Å². The first-order valence-corrected chi connectivity index (χ1v) is 6.95. The van der Waals surface area contributed by atoms with Gasteiger partial charge in [-0.1, -0.05) is 6.07 Å². The quantitative estimate of drug-likeness (QED) is 0.781. The van der Waals surface area contributed by atoms with Crippen molar-refractivity contribution in [1.82, 2.24) is 4.90 Å². The molecule has 2 aliphatic heterocycles. The number of methoxy groups -OCH3 is 1. The summed E-state index contributed by atoms with van der Waals surface area (Å²) in [5.74, 6) is 1.00. The Morgan fingerprint density at radius 1 is 1.33 bits per heavy atom. The summed E-state index contributed by atoms with van der Waals surface area (Å²) in [5.41, 5.74) is 0.906. The van der Waals surface area contributed by atoms with Crippen molar-refractivity contribution in [3.63, 3.8) is 0 Å². The summed E-state index contributed by atoms with van der Waals surface area (Å²) in [6.45, 7) is 1.43. The number of rotatable bonds is 3. The molecule has 0 aliphatic carbocycles. The number of esters is 1. The molecule has 1 atom stereocenters. The van der Waals surface area contributed by atoms with Crippen LogP contribution in [0.15, 0.2) is 18.2 Å². The summed E-state index contributed by atoms with van der Waals surface area (Å²) >= 11 is 0. The molecule has 2 aliphatic rings. The number of carbonyl (C=O) groups is 2. The molecule has 2 heterocycles. The standard InChI is InChI=1S/C15H17NO5/c1-19-15(18)11-3-5-14(17)16(11)9-10-2-4-12-13(8-10)21-7-6-20-12/h2,4,8,11H,3,5-7,9H2,1H3. The van der Waals surface area contributed by atoms with E-state index in [1.165, 1.54) is 7.11 Å². The molecule has 21 heavy (non-hydrogen) atoms. The Bertz CT molecular complexity index is 571. The van der Waals surface area contributed by atoms with Gasteiger partial charge in [-0.25, -0.2) is 4.79 Å². The number of nitrogens with zero attached hydrogens (tertiary/aromatic N) is 1. The van der Waals surface area contributed by atoms with Gasteiger partial charge in [0.2, 0.25) is 5.91 Å². The van der Waals surface area contributed by atoms with Crippen molar-refractivity contribution in [2.24, 2.45) is 0 Å². The number of likely N-dealkylation sites (tertiary alicyclic amines) is 1. The van der Waals surface area contributed by atoms with E-state index in [2.05, 4.69) is 0 Å². The van der Waals surface area contributed by atoms with Crippen molar-refractivity contribution in [3.05, 3.63) is 23.8 Å². The second-order valence-corrected chi connectivity index (χ2v) is 5.08. The van der Waals surface area contributed by atoms with Gasteiger partial charge in [-0.3, -0.25) is 4.79 Å². The maximum Gasteiger partial charge on any atom is 0.328 e. The smallest absolute Gasteiger partial charge is 0.328 e. The van der Waals surface area contributed by atoms with Gasteiger partial charge < -0.3 is 19.1 Å². The Kier molecular flexibility index (Phi) is 3.68. The Labute approximate surface area is 122 Å². The van der Waals surface area contributed by atoms with Crippen LogP contribution in [0.1, 0.15) is 18.4 Å². The molecule has 0 saturated carbocycles. The van der Waals surface area contributed by atoms with Gasteiger partial charge in [0.05, 0.1) is 7.11 Å². The van der Waals surface area contributed by atoms with Crippen LogP contribution < -0.4 is 9.47 Å². The summed E-state index contributed by atoms with van der Waals surface area (Å²) in [6.07, 6.45) is 0.889. The molecule has 0 spiro atoms. The third kappa shape index (κ3) is 2.66. The van der Waals surface area contributed by atoms with Gasteiger partial charge >= 0.3 is 5.97 Å². The fraction of sp³-hybridized carbons (Fsp3) is 0.467. The molecule has 1 saturated heterocycles. The lowest BCUT2D eigenvalue weighted by Crippen LogP contribution is -2.38. The molecule has 112 valence electrons. The molecule has 3 rings (SSSR count). The molecule has 1 amide bonds. The zero-order chi connectivity index (χ0) is 14.8. The average Bonchev–Trinajstić information content (AvgIpc) is 2.87. The predicted molar refractivity (Wildman–Crippen MR) is 73.0 cm³/mol. The highest BCUT2D eigenvalue weighted by molar-refractivity contribution is 5.88. The van der Waals surface area contributed by atoms with Gasteiger partial charge in [0.15, 0.2) is 11.5 Å². The maximum atomic E-state index is 12.0. The van der Waals surface area contributed by atoms with E-state index in [1.54, 1.807) is 4.90 Å². The first-order chi connectivity index (χ1) is 10.2. The van der Waals surface area contributed by atoms with Crippen LogP contribution in [0.25, 0.3) is 0 Å². The minimum absolute atomic E-state index is 0.0275. The molecule has 1 aromatic carbocycles. The number of ether oxygens (including phenoxy) is 3. The topological polar surface area (TPSA) is 65.1 Å². The van der Waals surface area contributed by atoms with E-state index in [1.807, 2.05) is 18.2 Å². The first-order valence-electron chi connectivity index (χ1n) is 6.95. The Hall–Kier alpha value is -2.24. The average molecular weight is 291 g/mol. The first kappa shape index (κ1) is 13.7. The molecular weight excluding hydrogens is 274 g/mol. The molecule has 1 unspecified atom stereocenters. The summed E-state index contributed by atoms with van der Waals surface area (Å²) in [6, 6.07) is 5.08. The zero-order valence-electron chi connectivity index (χ0n) is 11.8. The van der Waals surface area contributed by atoms with Gasteiger partial charge in [0, 0.05) is 13.0 Å². The van der Waals surface area contributed by atoms with E-state index in [0.29, 0.717) is 44.1 Å². The van der Waals surface area contributed by atoms with Crippen LogP contribution in [-0.4, -0.2) is 43.1 Å². The van der Waals surface area contributed by atoms with Crippen LogP contribution in [0.3, 0.4) is 0 Å². The Morgan fingerprint density at radius 3 is 2.86 bits per heavy atom. The molecule has 1 fully saturated rings. The molecule has 0 radical (unpaired) electrons. The maximum absolute atomic E-state index is 12.0. The van der Waals surface area contributed by atoms with Crippen LogP contribution in [0.5, 0.6) is 11.5 Å². The Balaban J connectivity index is 1.78. The van der Waals surface area contributed by atoms with Gasteiger partial charge in [0.1, 0.15) is 19.3 Å². The van der Waals surface area contributed by atoms with E-state index in [0.717, 1.165) is 5.56 Å². The van der Waals surface area contributed by atoms with Crippen molar-refractivity contribution >= 4 is 11.9 Å². The SMILES string of the molecule is COC(=O)C1CCC(=O)N1Cc1ccc2c(c1)OCCO2. The molecule has 0 N–H and O–H groups in total. The van der Waals surface area contributed by atoms with Gasteiger partial charge in [0.25, 0.3) is 0 Å². The van der Waals surface area contributed by atoms with E-state index < -0.39 is 6.04 Å². The van der Waals surface area contributed by atoms with Gasteiger partial charge in [-0.05, 0) is 24.1 Å². The molecule has 0 bridgehead atoms.